The van der Waals surface area contributed by atoms with Crippen molar-refractivity contribution in [1.29, 1.82) is 0 Å². The Morgan fingerprint density at radius 1 is 1.31 bits per heavy atom. The van der Waals surface area contributed by atoms with Gasteiger partial charge in [0.05, 0.1) is 0 Å². The molecular formula is C12H18N. The third kappa shape index (κ3) is 3.60. The van der Waals surface area contributed by atoms with E-state index in [9.17, 15) is 0 Å². The van der Waals surface area contributed by atoms with Crippen LogP contribution in [0.3, 0.4) is 0 Å². The molecule has 71 valence electrons. The Bertz CT molecular complexity index is 243. The molecule has 1 aromatic carbocycles. The highest BCUT2D eigenvalue weighted by Crippen LogP contribution is 2.06. The van der Waals surface area contributed by atoms with E-state index in [4.69, 9.17) is 0 Å². The molecule has 0 spiro atoms. The van der Waals surface area contributed by atoms with Crippen molar-refractivity contribution in [1.82, 2.24) is 5.32 Å². The van der Waals surface area contributed by atoms with Gasteiger partial charge in [-0.1, -0.05) is 37.6 Å². The lowest BCUT2D eigenvalue weighted by molar-refractivity contribution is 0.725. The molecule has 1 nitrogen and oxygen atoms in total. The van der Waals surface area contributed by atoms with Gasteiger partial charge >= 0.3 is 0 Å². The monoisotopic (exact) mass is 176 g/mol. The number of unbranched alkanes of at least 4 members (excludes halogenated alkanes) is 1. The lowest BCUT2D eigenvalue weighted by Crippen LogP contribution is -2.10. The van der Waals surface area contributed by atoms with E-state index in [0.29, 0.717) is 0 Å². The van der Waals surface area contributed by atoms with E-state index in [-0.39, 0.29) is 0 Å². The summed E-state index contributed by atoms with van der Waals surface area (Å²) in [6.45, 7) is 7.43. The molecule has 1 N–H and O–H groups in total. The molecule has 0 unspecified atom stereocenters. The Balaban J connectivity index is 2.32. The zero-order chi connectivity index (χ0) is 9.52. The van der Waals surface area contributed by atoms with Gasteiger partial charge in [0.15, 0.2) is 0 Å². The average Bonchev–Trinajstić information content (AvgIpc) is 2.15. The highest BCUT2D eigenvalue weighted by atomic mass is 14.8. The molecule has 1 heteroatoms. The summed E-state index contributed by atoms with van der Waals surface area (Å²) in [5.41, 5.74) is 2.75. The zero-order valence-corrected chi connectivity index (χ0v) is 8.51. The standard InChI is InChI=1S/C12H18N/c1-3-4-9-13-10-12-8-6-5-7-11(12)2/h5-9,13H,3-4,10H2,1-2H3. The van der Waals surface area contributed by atoms with E-state index < -0.39 is 0 Å². The first-order valence-electron chi connectivity index (χ1n) is 4.94. The van der Waals surface area contributed by atoms with Crippen molar-refractivity contribution in [2.75, 3.05) is 0 Å². The molecule has 0 aromatic heterocycles. The maximum Gasteiger partial charge on any atom is 0.0224 e. The van der Waals surface area contributed by atoms with Crippen LogP contribution in [0.2, 0.25) is 0 Å². The summed E-state index contributed by atoms with van der Waals surface area (Å²) >= 11 is 0. The topological polar surface area (TPSA) is 12.0 Å². The molecule has 0 aliphatic heterocycles. The lowest BCUT2D eigenvalue weighted by atomic mass is 10.1. The Morgan fingerprint density at radius 3 is 2.77 bits per heavy atom. The lowest BCUT2D eigenvalue weighted by Gasteiger charge is -2.06. The third-order valence-corrected chi connectivity index (χ3v) is 2.13. The van der Waals surface area contributed by atoms with E-state index in [1.165, 1.54) is 17.5 Å². The van der Waals surface area contributed by atoms with Gasteiger partial charge in [-0.2, -0.15) is 0 Å². The van der Waals surface area contributed by atoms with Crippen LogP contribution in [0.25, 0.3) is 0 Å². The van der Waals surface area contributed by atoms with Gasteiger partial charge in [-0.3, -0.25) is 0 Å². The van der Waals surface area contributed by atoms with E-state index in [2.05, 4.69) is 50.0 Å². The van der Waals surface area contributed by atoms with Crippen LogP contribution in [0.5, 0.6) is 0 Å². The fourth-order valence-electron chi connectivity index (χ4n) is 1.24. The van der Waals surface area contributed by atoms with Crippen LogP contribution in [0, 0.1) is 13.5 Å². The zero-order valence-electron chi connectivity index (χ0n) is 8.51. The van der Waals surface area contributed by atoms with Crippen LogP contribution in [-0.2, 0) is 6.54 Å². The van der Waals surface area contributed by atoms with Gasteiger partial charge < -0.3 is 5.32 Å². The maximum atomic E-state index is 3.32. The van der Waals surface area contributed by atoms with Crippen molar-refractivity contribution < 1.29 is 0 Å². The van der Waals surface area contributed by atoms with Crippen molar-refractivity contribution in [2.24, 2.45) is 0 Å². The Hall–Kier alpha value is -0.820. The van der Waals surface area contributed by atoms with Gasteiger partial charge in [0.25, 0.3) is 0 Å². The van der Waals surface area contributed by atoms with Crippen LogP contribution >= 0.6 is 0 Å². The summed E-state index contributed by atoms with van der Waals surface area (Å²) in [6, 6.07) is 8.48. The summed E-state index contributed by atoms with van der Waals surface area (Å²) in [5.74, 6) is 0. The molecule has 0 aliphatic carbocycles. The first-order chi connectivity index (χ1) is 6.34. The molecule has 0 heterocycles. The summed E-state index contributed by atoms with van der Waals surface area (Å²) < 4.78 is 0. The van der Waals surface area contributed by atoms with Crippen molar-refractivity contribution >= 4 is 0 Å². The van der Waals surface area contributed by atoms with Gasteiger partial charge in [-0.05, 0) is 24.5 Å². The molecular weight excluding hydrogens is 158 g/mol. The van der Waals surface area contributed by atoms with Crippen LogP contribution in [0.4, 0.5) is 0 Å². The summed E-state index contributed by atoms with van der Waals surface area (Å²) in [4.78, 5) is 0. The molecule has 0 saturated heterocycles. The largest absolute Gasteiger partial charge is 0.308 e. The van der Waals surface area contributed by atoms with Crippen molar-refractivity contribution in [2.45, 2.75) is 33.2 Å². The molecule has 0 fully saturated rings. The minimum Gasteiger partial charge on any atom is -0.308 e. The van der Waals surface area contributed by atoms with E-state index in [1.54, 1.807) is 0 Å². The second kappa shape index (κ2) is 5.76. The SMILES string of the molecule is CCC[CH]NCc1ccccc1C. The highest BCUT2D eigenvalue weighted by Gasteiger charge is 1.94. The summed E-state index contributed by atoms with van der Waals surface area (Å²) in [5, 5.41) is 3.32. The van der Waals surface area contributed by atoms with Gasteiger partial charge in [-0.15, -0.1) is 0 Å². The first-order valence-corrected chi connectivity index (χ1v) is 4.94. The number of hydrogen-bond donors (Lipinski definition) is 1. The average molecular weight is 176 g/mol. The normalized spacial score (nSPS) is 10.3. The van der Waals surface area contributed by atoms with Crippen LogP contribution in [-0.4, -0.2) is 0 Å². The van der Waals surface area contributed by atoms with Gasteiger partial charge in [0.1, 0.15) is 0 Å². The summed E-state index contributed by atoms with van der Waals surface area (Å²) in [7, 11) is 0. The predicted octanol–water partition coefficient (Wildman–Crippen LogP) is 3.05. The van der Waals surface area contributed by atoms with Gasteiger partial charge in [0.2, 0.25) is 0 Å². The van der Waals surface area contributed by atoms with Crippen molar-refractivity contribution in [3.8, 4) is 0 Å². The molecule has 0 saturated carbocycles. The van der Waals surface area contributed by atoms with Crippen LogP contribution in [0.15, 0.2) is 24.3 Å². The van der Waals surface area contributed by atoms with Crippen molar-refractivity contribution in [3.05, 3.63) is 41.9 Å². The maximum absolute atomic E-state index is 3.32. The Kier molecular flexibility index (Phi) is 4.55. The van der Waals surface area contributed by atoms with Gasteiger partial charge in [0, 0.05) is 13.1 Å². The first kappa shape index (κ1) is 10.3. The molecule has 0 amide bonds. The minimum absolute atomic E-state index is 0.951. The quantitative estimate of drug-likeness (QED) is 0.680. The molecule has 0 atom stereocenters. The number of hydrogen-bond acceptors (Lipinski definition) is 1. The van der Waals surface area contributed by atoms with Crippen molar-refractivity contribution in [3.63, 3.8) is 0 Å². The smallest absolute Gasteiger partial charge is 0.0224 e. The molecule has 0 bridgehead atoms. The van der Waals surface area contributed by atoms with E-state index in [1.807, 2.05) is 0 Å². The predicted molar refractivity (Wildman–Crippen MR) is 57.2 cm³/mol. The van der Waals surface area contributed by atoms with Crippen LogP contribution in [0.1, 0.15) is 30.9 Å². The minimum atomic E-state index is 0.951. The number of aryl methyl sites for hydroxylation is 1. The van der Waals surface area contributed by atoms with E-state index in [0.717, 1.165) is 13.0 Å². The Labute approximate surface area is 81.2 Å². The fraction of sp³-hybridized carbons (Fsp3) is 0.417. The molecule has 1 radical (unpaired) electrons. The highest BCUT2D eigenvalue weighted by molar-refractivity contribution is 5.25. The summed E-state index contributed by atoms with van der Waals surface area (Å²) in [6.07, 6.45) is 2.35. The number of benzene rings is 1. The number of rotatable bonds is 5. The second-order valence-corrected chi connectivity index (χ2v) is 3.30. The molecule has 0 aliphatic rings. The number of nitrogens with one attached hydrogen (secondary N) is 1. The van der Waals surface area contributed by atoms with E-state index >= 15 is 0 Å². The third-order valence-electron chi connectivity index (χ3n) is 2.13. The Morgan fingerprint density at radius 2 is 2.08 bits per heavy atom. The fourth-order valence-corrected chi connectivity index (χ4v) is 1.24. The molecule has 1 rings (SSSR count). The van der Waals surface area contributed by atoms with Gasteiger partial charge in [-0.25, -0.2) is 0 Å². The van der Waals surface area contributed by atoms with Crippen LogP contribution < -0.4 is 5.32 Å². The molecule has 1 aromatic rings. The second-order valence-electron chi connectivity index (χ2n) is 3.30. The molecule has 13 heavy (non-hydrogen) atoms.